The summed E-state index contributed by atoms with van der Waals surface area (Å²) in [6.45, 7) is 4.47. The van der Waals surface area contributed by atoms with Crippen LogP contribution in [0.1, 0.15) is 26.7 Å². The van der Waals surface area contributed by atoms with E-state index in [2.05, 4.69) is 5.32 Å². The quantitative estimate of drug-likeness (QED) is 0.441. The van der Waals surface area contributed by atoms with Crippen LogP contribution in [0.15, 0.2) is 11.8 Å². The second kappa shape index (κ2) is 6.18. The van der Waals surface area contributed by atoms with Crippen LogP contribution in [0.25, 0.3) is 0 Å². The molecule has 0 atom stereocenters. The van der Waals surface area contributed by atoms with E-state index in [1.54, 1.807) is 6.92 Å². The molecule has 0 radical (unpaired) electrons. The molecule has 1 aliphatic rings. The standard InChI is InChI=1S/C12H17NO4/c1-3-13-7-9-10(14)5-8(6-11(9)15)12(16)17-4-2/h7-8,13H,3-6H2,1-2H3. The van der Waals surface area contributed by atoms with Gasteiger partial charge in [-0.3, -0.25) is 14.4 Å². The average Bonchev–Trinajstić information content (AvgIpc) is 2.28. The monoisotopic (exact) mass is 239 g/mol. The molecule has 17 heavy (non-hydrogen) atoms. The average molecular weight is 239 g/mol. The van der Waals surface area contributed by atoms with Crippen molar-refractivity contribution in [3.05, 3.63) is 11.8 Å². The number of Topliss-reactive ketones (excluding diaryl/α,β-unsaturated/α-hetero) is 2. The van der Waals surface area contributed by atoms with Gasteiger partial charge in [-0.05, 0) is 13.8 Å². The normalized spacial score (nSPS) is 20.1. The number of carbonyl (C=O) groups excluding carboxylic acids is 3. The number of nitrogens with one attached hydrogen (secondary N) is 1. The van der Waals surface area contributed by atoms with Crippen LogP contribution in [0.4, 0.5) is 0 Å². The Morgan fingerprint density at radius 3 is 2.41 bits per heavy atom. The molecule has 0 spiro atoms. The van der Waals surface area contributed by atoms with E-state index in [4.69, 9.17) is 4.74 Å². The molecule has 1 N–H and O–H groups in total. The number of hydrogen-bond donors (Lipinski definition) is 1. The first-order chi connectivity index (χ1) is 8.10. The first kappa shape index (κ1) is 13.4. The lowest BCUT2D eigenvalue weighted by Crippen LogP contribution is -2.32. The highest BCUT2D eigenvalue weighted by molar-refractivity contribution is 6.23. The zero-order valence-electron chi connectivity index (χ0n) is 10.1. The number of hydrogen-bond acceptors (Lipinski definition) is 5. The van der Waals surface area contributed by atoms with Crippen molar-refractivity contribution < 1.29 is 19.1 Å². The van der Waals surface area contributed by atoms with Gasteiger partial charge in [0.05, 0.1) is 18.1 Å². The molecule has 94 valence electrons. The van der Waals surface area contributed by atoms with Gasteiger partial charge in [0.1, 0.15) is 0 Å². The Morgan fingerprint density at radius 2 is 1.94 bits per heavy atom. The summed E-state index contributed by atoms with van der Waals surface area (Å²) in [4.78, 5) is 34.8. The highest BCUT2D eigenvalue weighted by Gasteiger charge is 2.35. The molecule has 1 fully saturated rings. The molecule has 0 unspecified atom stereocenters. The molecule has 0 aromatic rings. The summed E-state index contributed by atoms with van der Waals surface area (Å²) in [6.07, 6.45) is 1.55. The lowest BCUT2D eigenvalue weighted by atomic mass is 9.84. The van der Waals surface area contributed by atoms with Crippen molar-refractivity contribution in [3.63, 3.8) is 0 Å². The largest absolute Gasteiger partial charge is 0.466 e. The van der Waals surface area contributed by atoms with Crippen LogP contribution in [-0.4, -0.2) is 30.7 Å². The molecule has 0 saturated heterocycles. The number of carbonyl (C=O) groups is 3. The van der Waals surface area contributed by atoms with Crippen LogP contribution >= 0.6 is 0 Å². The van der Waals surface area contributed by atoms with Crippen molar-refractivity contribution in [2.24, 2.45) is 5.92 Å². The molecule has 0 aliphatic heterocycles. The second-order valence-electron chi connectivity index (χ2n) is 3.82. The van der Waals surface area contributed by atoms with Crippen LogP contribution < -0.4 is 5.32 Å². The summed E-state index contributed by atoms with van der Waals surface area (Å²) in [5, 5.41) is 2.83. The van der Waals surface area contributed by atoms with E-state index in [-0.39, 0.29) is 36.6 Å². The Kier molecular flexibility index (Phi) is 4.87. The third kappa shape index (κ3) is 3.41. The summed E-state index contributed by atoms with van der Waals surface area (Å²) in [7, 11) is 0. The minimum atomic E-state index is -0.617. The highest BCUT2D eigenvalue weighted by atomic mass is 16.5. The fourth-order valence-electron chi connectivity index (χ4n) is 1.69. The summed E-state index contributed by atoms with van der Waals surface area (Å²) < 4.78 is 4.82. The lowest BCUT2D eigenvalue weighted by Gasteiger charge is -2.20. The molecule has 0 heterocycles. The first-order valence-corrected chi connectivity index (χ1v) is 5.76. The summed E-state index contributed by atoms with van der Waals surface area (Å²) in [6, 6.07) is 0. The zero-order valence-corrected chi connectivity index (χ0v) is 10.1. The van der Waals surface area contributed by atoms with E-state index in [9.17, 15) is 14.4 Å². The SMILES string of the molecule is CCNC=C1C(=O)CC(C(=O)OCC)CC1=O. The van der Waals surface area contributed by atoms with Gasteiger partial charge in [0, 0.05) is 25.6 Å². The first-order valence-electron chi connectivity index (χ1n) is 5.76. The van der Waals surface area contributed by atoms with Gasteiger partial charge < -0.3 is 10.1 Å². The van der Waals surface area contributed by atoms with Crippen molar-refractivity contribution in [2.45, 2.75) is 26.7 Å². The molecular weight excluding hydrogens is 222 g/mol. The number of allylic oxidation sites excluding steroid dienone is 1. The van der Waals surface area contributed by atoms with Crippen molar-refractivity contribution in [3.8, 4) is 0 Å². The van der Waals surface area contributed by atoms with Gasteiger partial charge in [0.15, 0.2) is 11.6 Å². The molecule has 0 bridgehead atoms. The minimum absolute atomic E-state index is 0.0573. The Hall–Kier alpha value is -1.65. The summed E-state index contributed by atoms with van der Waals surface area (Å²) in [5.74, 6) is -1.66. The van der Waals surface area contributed by atoms with E-state index in [1.165, 1.54) is 6.20 Å². The molecule has 0 aromatic heterocycles. The maximum atomic E-state index is 11.7. The Labute approximate surface area is 100 Å². The molecular formula is C12H17NO4. The topological polar surface area (TPSA) is 72.5 Å². The maximum absolute atomic E-state index is 11.7. The number of rotatable bonds is 4. The van der Waals surface area contributed by atoms with E-state index >= 15 is 0 Å². The molecule has 0 amide bonds. The number of ketones is 2. The van der Waals surface area contributed by atoms with Crippen LogP contribution in [0.5, 0.6) is 0 Å². The molecule has 5 heteroatoms. The van der Waals surface area contributed by atoms with E-state index in [0.717, 1.165) is 0 Å². The van der Waals surface area contributed by atoms with Crippen molar-refractivity contribution in [2.75, 3.05) is 13.2 Å². The Bertz CT molecular complexity index is 340. The van der Waals surface area contributed by atoms with Gasteiger partial charge >= 0.3 is 5.97 Å². The van der Waals surface area contributed by atoms with Crippen LogP contribution in [0, 0.1) is 5.92 Å². The van der Waals surface area contributed by atoms with Gasteiger partial charge in [0.2, 0.25) is 0 Å². The molecule has 0 aromatic carbocycles. The zero-order chi connectivity index (χ0) is 12.8. The highest BCUT2D eigenvalue weighted by Crippen LogP contribution is 2.23. The van der Waals surface area contributed by atoms with Crippen molar-refractivity contribution in [1.82, 2.24) is 5.32 Å². The van der Waals surface area contributed by atoms with E-state index < -0.39 is 11.9 Å². The maximum Gasteiger partial charge on any atom is 0.309 e. The van der Waals surface area contributed by atoms with Gasteiger partial charge in [0.25, 0.3) is 0 Å². The predicted octanol–water partition coefficient (Wildman–Crippen LogP) is 0.591. The second-order valence-corrected chi connectivity index (χ2v) is 3.82. The minimum Gasteiger partial charge on any atom is -0.466 e. The van der Waals surface area contributed by atoms with Crippen molar-refractivity contribution >= 4 is 17.5 Å². The van der Waals surface area contributed by atoms with Crippen molar-refractivity contribution in [1.29, 1.82) is 0 Å². The van der Waals surface area contributed by atoms with Gasteiger partial charge in [-0.15, -0.1) is 0 Å². The van der Waals surface area contributed by atoms with E-state index in [1.807, 2.05) is 6.92 Å². The third-order valence-electron chi connectivity index (χ3n) is 2.53. The van der Waals surface area contributed by atoms with E-state index in [0.29, 0.717) is 6.54 Å². The fourth-order valence-corrected chi connectivity index (χ4v) is 1.69. The third-order valence-corrected chi connectivity index (χ3v) is 2.53. The Balaban J connectivity index is 2.70. The molecule has 1 aliphatic carbocycles. The Morgan fingerprint density at radius 1 is 1.35 bits per heavy atom. The van der Waals surface area contributed by atoms with Crippen LogP contribution in [0.2, 0.25) is 0 Å². The lowest BCUT2D eigenvalue weighted by molar-refractivity contribution is -0.151. The van der Waals surface area contributed by atoms with Gasteiger partial charge in [-0.25, -0.2) is 0 Å². The number of ether oxygens (including phenoxy) is 1. The number of esters is 1. The van der Waals surface area contributed by atoms with Crippen LogP contribution in [0.3, 0.4) is 0 Å². The van der Waals surface area contributed by atoms with Gasteiger partial charge in [-0.2, -0.15) is 0 Å². The van der Waals surface area contributed by atoms with Gasteiger partial charge in [-0.1, -0.05) is 0 Å². The smallest absolute Gasteiger partial charge is 0.309 e. The summed E-state index contributed by atoms with van der Waals surface area (Å²) >= 11 is 0. The summed E-state index contributed by atoms with van der Waals surface area (Å²) in [5.41, 5.74) is 0.160. The fraction of sp³-hybridized carbons (Fsp3) is 0.583. The van der Waals surface area contributed by atoms with Crippen LogP contribution in [-0.2, 0) is 19.1 Å². The predicted molar refractivity (Wildman–Crippen MR) is 61.1 cm³/mol. The molecule has 5 nitrogen and oxygen atoms in total. The molecule has 1 saturated carbocycles. The molecule has 1 rings (SSSR count).